The Morgan fingerprint density at radius 1 is 1.00 bits per heavy atom. The maximum absolute atomic E-state index is 6.27. The zero-order valence-electron chi connectivity index (χ0n) is 11.6. The van der Waals surface area contributed by atoms with E-state index in [2.05, 4.69) is 65.3 Å². The van der Waals surface area contributed by atoms with Gasteiger partial charge in [-0.1, -0.05) is 57.4 Å². The summed E-state index contributed by atoms with van der Waals surface area (Å²) in [5, 5.41) is 0.823. The maximum Gasteiger partial charge on any atom is 0.0442 e. The van der Waals surface area contributed by atoms with Gasteiger partial charge in [0.05, 0.1) is 0 Å². The van der Waals surface area contributed by atoms with Crippen LogP contribution in [0, 0.1) is 6.92 Å². The van der Waals surface area contributed by atoms with Crippen molar-refractivity contribution in [2.75, 3.05) is 0 Å². The Kier molecular flexibility index (Phi) is 4.48. The standard InChI is InChI=1S/C18H14BrClS/c1-12-2-4-13(5-3-12)18-9-7-16(21-18)11-14-10-15(19)6-8-17(14)20/h2-10H,11H2,1H3. The SMILES string of the molecule is Cc1ccc(-c2ccc(Cc3cc(Br)ccc3Cl)s2)cc1. The molecule has 0 amide bonds. The van der Waals surface area contributed by atoms with Crippen molar-refractivity contribution in [1.82, 2.24) is 0 Å². The predicted molar refractivity (Wildman–Crippen MR) is 96.5 cm³/mol. The van der Waals surface area contributed by atoms with E-state index in [0.717, 1.165) is 21.5 Å². The highest BCUT2D eigenvalue weighted by atomic mass is 79.9. The van der Waals surface area contributed by atoms with Crippen LogP contribution in [-0.2, 0) is 6.42 Å². The minimum Gasteiger partial charge on any atom is -0.140 e. The number of thiophene rings is 1. The fourth-order valence-corrected chi connectivity index (χ4v) is 3.84. The summed E-state index contributed by atoms with van der Waals surface area (Å²) in [6, 6.07) is 19.0. The third-order valence-corrected chi connectivity index (χ3v) is 5.37. The smallest absolute Gasteiger partial charge is 0.0442 e. The molecule has 0 radical (unpaired) electrons. The van der Waals surface area contributed by atoms with E-state index in [1.807, 2.05) is 23.5 Å². The molecule has 3 rings (SSSR count). The van der Waals surface area contributed by atoms with Crippen LogP contribution in [0.15, 0.2) is 59.1 Å². The average molecular weight is 378 g/mol. The van der Waals surface area contributed by atoms with Gasteiger partial charge in [-0.25, -0.2) is 0 Å². The van der Waals surface area contributed by atoms with Gasteiger partial charge in [0.15, 0.2) is 0 Å². The zero-order valence-corrected chi connectivity index (χ0v) is 14.7. The quantitative estimate of drug-likeness (QED) is 0.474. The molecule has 3 aromatic rings. The number of rotatable bonds is 3. The molecule has 21 heavy (non-hydrogen) atoms. The Labute approximate surface area is 142 Å². The molecule has 0 N–H and O–H groups in total. The van der Waals surface area contributed by atoms with E-state index in [4.69, 9.17) is 11.6 Å². The van der Waals surface area contributed by atoms with Gasteiger partial charge in [0.1, 0.15) is 0 Å². The van der Waals surface area contributed by atoms with E-state index in [1.54, 1.807) is 0 Å². The Morgan fingerprint density at radius 2 is 1.76 bits per heavy atom. The fraction of sp³-hybridized carbons (Fsp3) is 0.111. The van der Waals surface area contributed by atoms with Crippen LogP contribution in [0.25, 0.3) is 10.4 Å². The third kappa shape index (κ3) is 3.57. The van der Waals surface area contributed by atoms with Gasteiger partial charge >= 0.3 is 0 Å². The van der Waals surface area contributed by atoms with E-state index >= 15 is 0 Å². The van der Waals surface area contributed by atoms with Gasteiger partial charge < -0.3 is 0 Å². The molecule has 106 valence electrons. The van der Waals surface area contributed by atoms with Crippen molar-refractivity contribution < 1.29 is 0 Å². The molecule has 0 saturated heterocycles. The van der Waals surface area contributed by atoms with Crippen molar-refractivity contribution in [1.29, 1.82) is 0 Å². The van der Waals surface area contributed by atoms with E-state index in [0.29, 0.717) is 0 Å². The summed E-state index contributed by atoms with van der Waals surface area (Å²) in [6.45, 7) is 2.11. The Hall–Kier alpha value is -1.09. The fourth-order valence-electron chi connectivity index (χ4n) is 2.21. The van der Waals surface area contributed by atoms with Crippen molar-refractivity contribution in [3.63, 3.8) is 0 Å². The molecule has 0 aliphatic carbocycles. The molecule has 0 aliphatic rings. The number of aryl methyl sites for hydroxylation is 1. The van der Waals surface area contributed by atoms with Crippen LogP contribution >= 0.6 is 38.9 Å². The summed E-state index contributed by atoms with van der Waals surface area (Å²) in [5.41, 5.74) is 3.72. The van der Waals surface area contributed by atoms with Gasteiger partial charge in [-0.2, -0.15) is 0 Å². The van der Waals surface area contributed by atoms with E-state index in [1.165, 1.54) is 20.9 Å². The monoisotopic (exact) mass is 376 g/mol. The highest BCUT2D eigenvalue weighted by Crippen LogP contribution is 2.31. The summed E-state index contributed by atoms with van der Waals surface area (Å²) >= 11 is 11.6. The van der Waals surface area contributed by atoms with E-state index in [9.17, 15) is 0 Å². The van der Waals surface area contributed by atoms with Crippen LogP contribution in [0.3, 0.4) is 0 Å². The molecule has 0 unspecified atom stereocenters. The van der Waals surface area contributed by atoms with Crippen molar-refractivity contribution >= 4 is 38.9 Å². The number of hydrogen-bond donors (Lipinski definition) is 0. The van der Waals surface area contributed by atoms with Crippen molar-refractivity contribution in [3.8, 4) is 10.4 Å². The molecule has 0 atom stereocenters. The normalized spacial score (nSPS) is 10.8. The summed E-state index contributed by atoms with van der Waals surface area (Å²) in [5.74, 6) is 0. The molecule has 1 aromatic heterocycles. The van der Waals surface area contributed by atoms with E-state index < -0.39 is 0 Å². The Balaban J connectivity index is 1.85. The van der Waals surface area contributed by atoms with Crippen LogP contribution in [0.2, 0.25) is 5.02 Å². The lowest BCUT2D eigenvalue weighted by molar-refractivity contribution is 1.24. The van der Waals surface area contributed by atoms with Gasteiger partial charge in [0, 0.05) is 25.7 Å². The molecule has 0 aliphatic heterocycles. The van der Waals surface area contributed by atoms with E-state index in [-0.39, 0.29) is 0 Å². The maximum atomic E-state index is 6.27. The van der Waals surface area contributed by atoms with Crippen LogP contribution in [0.4, 0.5) is 0 Å². The third-order valence-electron chi connectivity index (χ3n) is 3.37. The zero-order chi connectivity index (χ0) is 14.8. The predicted octanol–water partition coefficient (Wildman–Crippen LogP) is 6.73. The molecular formula is C18H14BrClS. The Bertz CT molecular complexity index is 759. The van der Waals surface area contributed by atoms with Crippen molar-refractivity contribution in [3.05, 3.63) is 80.1 Å². The van der Waals surface area contributed by atoms with Crippen LogP contribution in [0.5, 0.6) is 0 Å². The van der Waals surface area contributed by atoms with Gasteiger partial charge in [-0.3, -0.25) is 0 Å². The molecule has 2 aromatic carbocycles. The molecule has 3 heteroatoms. The first-order chi connectivity index (χ1) is 10.1. The van der Waals surface area contributed by atoms with Crippen LogP contribution in [-0.4, -0.2) is 0 Å². The second kappa shape index (κ2) is 6.35. The first-order valence-electron chi connectivity index (χ1n) is 6.71. The van der Waals surface area contributed by atoms with Gasteiger partial charge in [-0.15, -0.1) is 11.3 Å². The molecular weight excluding hydrogens is 364 g/mol. The second-order valence-corrected chi connectivity index (χ2v) is 7.54. The lowest BCUT2D eigenvalue weighted by Gasteiger charge is -2.03. The topological polar surface area (TPSA) is 0 Å². The summed E-state index contributed by atoms with van der Waals surface area (Å²) in [6.07, 6.45) is 0.870. The highest BCUT2D eigenvalue weighted by Gasteiger charge is 2.07. The van der Waals surface area contributed by atoms with Gasteiger partial charge in [0.2, 0.25) is 0 Å². The lowest BCUT2D eigenvalue weighted by Crippen LogP contribution is -1.86. The Morgan fingerprint density at radius 3 is 2.52 bits per heavy atom. The molecule has 0 fully saturated rings. The summed E-state index contributed by atoms with van der Waals surface area (Å²) in [7, 11) is 0. The molecule has 0 spiro atoms. The first-order valence-corrected chi connectivity index (χ1v) is 8.70. The van der Waals surface area contributed by atoms with Crippen LogP contribution in [0.1, 0.15) is 16.0 Å². The van der Waals surface area contributed by atoms with Crippen molar-refractivity contribution in [2.45, 2.75) is 13.3 Å². The van der Waals surface area contributed by atoms with Gasteiger partial charge in [0.25, 0.3) is 0 Å². The summed E-state index contributed by atoms with van der Waals surface area (Å²) in [4.78, 5) is 2.63. The van der Waals surface area contributed by atoms with Gasteiger partial charge in [-0.05, 0) is 48.4 Å². The average Bonchev–Trinajstić information content (AvgIpc) is 2.92. The largest absolute Gasteiger partial charge is 0.140 e. The van der Waals surface area contributed by atoms with Crippen molar-refractivity contribution in [2.24, 2.45) is 0 Å². The number of benzene rings is 2. The first kappa shape index (κ1) is 14.8. The molecule has 0 nitrogen and oxygen atoms in total. The number of halogens is 2. The number of hydrogen-bond acceptors (Lipinski definition) is 1. The minimum atomic E-state index is 0.823. The lowest BCUT2D eigenvalue weighted by atomic mass is 10.1. The summed E-state index contributed by atoms with van der Waals surface area (Å²) < 4.78 is 1.07. The molecule has 0 bridgehead atoms. The second-order valence-electron chi connectivity index (χ2n) is 5.04. The molecule has 0 saturated carbocycles. The minimum absolute atomic E-state index is 0.823. The highest BCUT2D eigenvalue weighted by molar-refractivity contribution is 9.10. The van der Waals surface area contributed by atoms with Crippen LogP contribution < -0.4 is 0 Å². The molecule has 1 heterocycles.